The molecule has 1 fully saturated rings. The molecule has 1 rings (SSSR count). The monoisotopic (exact) mass is 154 g/mol. The van der Waals surface area contributed by atoms with Gasteiger partial charge in [0.25, 0.3) is 0 Å². The topological polar surface area (TPSA) is 9.23 Å². The molecule has 1 saturated heterocycles. The van der Waals surface area contributed by atoms with E-state index in [0.717, 1.165) is 13.2 Å². The molecule has 0 bridgehead atoms. The van der Waals surface area contributed by atoms with Crippen molar-refractivity contribution in [2.75, 3.05) is 13.2 Å². The van der Waals surface area contributed by atoms with Crippen molar-refractivity contribution in [1.82, 2.24) is 0 Å². The second-order valence-corrected chi connectivity index (χ2v) is 4.92. The molecule has 0 atom stereocenters. The predicted molar refractivity (Wildman–Crippen MR) is 50.7 cm³/mol. The van der Waals surface area contributed by atoms with Gasteiger partial charge < -0.3 is 4.74 Å². The Morgan fingerprint density at radius 1 is 1.18 bits per heavy atom. The molecule has 1 nitrogen and oxygen atoms in total. The summed E-state index contributed by atoms with van der Waals surface area (Å²) in [5, 5.41) is 0.491. The van der Waals surface area contributed by atoms with Gasteiger partial charge in [-0.05, 0) is 23.6 Å². The minimum absolute atomic E-state index is 0.427. The largest absolute Gasteiger partial charge is 0.381 e. The molecule has 1 aliphatic heterocycles. The van der Waals surface area contributed by atoms with Crippen LogP contribution in [0.25, 0.3) is 0 Å². The van der Waals surface area contributed by atoms with Crippen LogP contribution in [-0.4, -0.2) is 21.1 Å². The van der Waals surface area contributed by atoms with Crippen molar-refractivity contribution >= 4 is 7.85 Å². The van der Waals surface area contributed by atoms with Gasteiger partial charge in [-0.2, -0.15) is 0 Å². The van der Waals surface area contributed by atoms with Crippen LogP contribution in [0.2, 0.25) is 5.31 Å². The van der Waals surface area contributed by atoms with Crippen LogP contribution in [0.15, 0.2) is 0 Å². The lowest BCUT2D eigenvalue weighted by atomic mass is 9.51. The van der Waals surface area contributed by atoms with Crippen LogP contribution in [0.3, 0.4) is 0 Å². The zero-order valence-electron chi connectivity index (χ0n) is 8.24. The molecule has 1 heterocycles. The summed E-state index contributed by atoms with van der Waals surface area (Å²) in [7, 11) is 2.38. The first-order valence-electron chi connectivity index (χ1n) is 4.53. The molecule has 0 aromatic heterocycles. The summed E-state index contributed by atoms with van der Waals surface area (Å²) in [6.45, 7) is 8.90. The quantitative estimate of drug-likeness (QED) is 0.482. The van der Waals surface area contributed by atoms with E-state index in [0.29, 0.717) is 10.7 Å². The van der Waals surface area contributed by atoms with Crippen LogP contribution < -0.4 is 0 Å². The van der Waals surface area contributed by atoms with E-state index in [9.17, 15) is 0 Å². The van der Waals surface area contributed by atoms with Crippen molar-refractivity contribution in [3.63, 3.8) is 0 Å². The molecule has 0 aromatic carbocycles. The van der Waals surface area contributed by atoms with Gasteiger partial charge in [0.2, 0.25) is 0 Å². The highest BCUT2D eigenvalue weighted by Crippen LogP contribution is 2.49. The van der Waals surface area contributed by atoms with Gasteiger partial charge in [-0.25, -0.2) is 0 Å². The Morgan fingerprint density at radius 3 is 1.91 bits per heavy atom. The van der Waals surface area contributed by atoms with E-state index in [1.165, 1.54) is 12.8 Å². The Hall–Kier alpha value is 0.0249. The summed E-state index contributed by atoms with van der Waals surface area (Å²) in [5.41, 5.74) is 0.427. The summed E-state index contributed by atoms with van der Waals surface area (Å²) >= 11 is 0. The Labute approximate surface area is 70.9 Å². The maximum Gasteiger partial charge on any atom is 0.110 e. The van der Waals surface area contributed by atoms with E-state index in [1.54, 1.807) is 0 Å². The second-order valence-electron chi connectivity index (χ2n) is 4.92. The molecule has 0 spiro atoms. The third kappa shape index (κ3) is 1.78. The minimum atomic E-state index is 0.427. The molecule has 64 valence electrons. The standard InChI is InChI=1S/C9H19BO/c1-8(2,3)9(10)4-6-11-7-5-9/h4-7,10H2,1-3H3. The molecule has 1 aliphatic rings. The Bertz CT molecular complexity index is 131. The molecule has 11 heavy (non-hydrogen) atoms. The Balaban J connectivity index is 2.64. The molecule has 2 heteroatoms. The molecule has 0 aromatic rings. The fraction of sp³-hybridized carbons (Fsp3) is 1.00. The van der Waals surface area contributed by atoms with Crippen molar-refractivity contribution in [3.8, 4) is 0 Å². The summed E-state index contributed by atoms with van der Waals surface area (Å²) in [6.07, 6.45) is 2.44. The average Bonchev–Trinajstić information content (AvgIpc) is 1.87. The van der Waals surface area contributed by atoms with Crippen molar-refractivity contribution in [1.29, 1.82) is 0 Å². The van der Waals surface area contributed by atoms with Crippen molar-refractivity contribution in [2.24, 2.45) is 5.41 Å². The third-order valence-corrected chi connectivity index (χ3v) is 3.41. The number of hydrogen-bond donors (Lipinski definition) is 0. The number of hydrogen-bond acceptors (Lipinski definition) is 1. The minimum Gasteiger partial charge on any atom is -0.381 e. The highest BCUT2D eigenvalue weighted by Gasteiger charge is 2.38. The van der Waals surface area contributed by atoms with Crippen molar-refractivity contribution < 1.29 is 4.74 Å². The van der Waals surface area contributed by atoms with Gasteiger partial charge in [-0.1, -0.05) is 20.8 Å². The highest BCUT2D eigenvalue weighted by atomic mass is 16.5. The van der Waals surface area contributed by atoms with E-state index < -0.39 is 0 Å². The van der Waals surface area contributed by atoms with Crippen molar-refractivity contribution in [3.05, 3.63) is 0 Å². The third-order valence-electron chi connectivity index (χ3n) is 3.41. The maximum atomic E-state index is 5.36. The molecule has 0 radical (unpaired) electrons. The van der Waals surface area contributed by atoms with Gasteiger partial charge in [0, 0.05) is 13.2 Å². The van der Waals surface area contributed by atoms with Gasteiger partial charge in [0.1, 0.15) is 7.85 Å². The van der Waals surface area contributed by atoms with Gasteiger partial charge >= 0.3 is 0 Å². The normalized spacial score (nSPS) is 25.0. The van der Waals surface area contributed by atoms with Crippen LogP contribution in [-0.2, 0) is 4.74 Å². The van der Waals surface area contributed by atoms with E-state index in [1.807, 2.05) is 0 Å². The average molecular weight is 154 g/mol. The van der Waals surface area contributed by atoms with E-state index in [-0.39, 0.29) is 0 Å². The van der Waals surface area contributed by atoms with E-state index >= 15 is 0 Å². The van der Waals surface area contributed by atoms with Gasteiger partial charge in [0.05, 0.1) is 0 Å². The number of rotatable bonds is 0. The molecular weight excluding hydrogens is 135 g/mol. The van der Waals surface area contributed by atoms with Crippen LogP contribution >= 0.6 is 0 Å². The van der Waals surface area contributed by atoms with Crippen LogP contribution in [0.4, 0.5) is 0 Å². The van der Waals surface area contributed by atoms with Gasteiger partial charge in [-0.3, -0.25) is 0 Å². The van der Waals surface area contributed by atoms with Crippen LogP contribution in [0.1, 0.15) is 33.6 Å². The smallest absolute Gasteiger partial charge is 0.110 e. The molecule has 0 saturated carbocycles. The van der Waals surface area contributed by atoms with E-state index in [4.69, 9.17) is 4.74 Å². The Morgan fingerprint density at radius 2 is 1.64 bits per heavy atom. The van der Waals surface area contributed by atoms with E-state index in [2.05, 4.69) is 28.6 Å². The molecular formula is C9H19BO. The fourth-order valence-electron chi connectivity index (χ4n) is 1.57. The first-order chi connectivity index (χ1) is 4.96. The molecule has 0 aliphatic carbocycles. The van der Waals surface area contributed by atoms with Crippen LogP contribution in [0, 0.1) is 5.41 Å². The van der Waals surface area contributed by atoms with Crippen molar-refractivity contribution in [2.45, 2.75) is 38.9 Å². The maximum absolute atomic E-state index is 5.36. The second kappa shape index (κ2) is 2.82. The summed E-state index contributed by atoms with van der Waals surface area (Å²) in [6, 6.07) is 0. The molecule has 0 N–H and O–H groups in total. The van der Waals surface area contributed by atoms with Crippen LogP contribution in [0.5, 0.6) is 0 Å². The van der Waals surface area contributed by atoms with Gasteiger partial charge in [0.15, 0.2) is 0 Å². The summed E-state index contributed by atoms with van der Waals surface area (Å²) in [4.78, 5) is 0. The summed E-state index contributed by atoms with van der Waals surface area (Å²) in [5.74, 6) is 0. The zero-order valence-corrected chi connectivity index (χ0v) is 8.24. The number of ether oxygens (including phenoxy) is 1. The highest BCUT2D eigenvalue weighted by molar-refractivity contribution is 6.15. The van der Waals surface area contributed by atoms with Gasteiger partial charge in [-0.15, -0.1) is 0 Å². The molecule has 0 unspecified atom stereocenters. The lowest BCUT2D eigenvalue weighted by Gasteiger charge is -2.45. The SMILES string of the molecule is BC1(C(C)(C)C)CCOCC1. The first kappa shape index (κ1) is 9.12. The lowest BCUT2D eigenvalue weighted by Crippen LogP contribution is -2.34. The molecule has 0 amide bonds. The predicted octanol–water partition coefficient (Wildman–Crippen LogP) is 1.63. The zero-order chi connectivity index (χ0) is 8.54. The lowest BCUT2D eigenvalue weighted by molar-refractivity contribution is 0.0385. The summed E-state index contributed by atoms with van der Waals surface area (Å²) < 4.78 is 5.36. The first-order valence-corrected chi connectivity index (χ1v) is 4.53. The Kier molecular flexibility index (Phi) is 2.33. The fourth-order valence-corrected chi connectivity index (χ4v) is 1.57.